The Balaban J connectivity index is 1.50. The minimum atomic E-state index is -0.603. The summed E-state index contributed by atoms with van der Waals surface area (Å²) in [4.78, 5) is 30.1. The second-order valence-corrected chi connectivity index (χ2v) is 8.53. The Hall–Kier alpha value is -1.88. The van der Waals surface area contributed by atoms with Crippen molar-refractivity contribution in [2.45, 2.75) is 56.9 Å². The molecule has 5 nitrogen and oxygen atoms in total. The number of piperidine rings is 1. The molecule has 3 heterocycles. The van der Waals surface area contributed by atoms with Crippen molar-refractivity contribution in [3.8, 4) is 0 Å². The minimum Gasteiger partial charge on any atom is -0.354 e. The maximum absolute atomic E-state index is 13.4. The summed E-state index contributed by atoms with van der Waals surface area (Å²) in [6, 6.07) is 8.48. The molecule has 3 aliphatic heterocycles. The first kappa shape index (κ1) is 18.5. The summed E-state index contributed by atoms with van der Waals surface area (Å²) in [7, 11) is 0. The van der Waals surface area contributed by atoms with E-state index in [1.165, 1.54) is 19.3 Å². The number of amides is 2. The van der Waals surface area contributed by atoms with Crippen molar-refractivity contribution in [2.24, 2.45) is 0 Å². The van der Waals surface area contributed by atoms with E-state index < -0.39 is 5.41 Å². The summed E-state index contributed by atoms with van der Waals surface area (Å²) in [5, 5.41) is 3.22. The van der Waals surface area contributed by atoms with E-state index in [-0.39, 0.29) is 17.9 Å². The summed E-state index contributed by atoms with van der Waals surface area (Å²) in [5.74, 6) is 0.294. The number of hydrogen-bond donors (Lipinski definition) is 1. The lowest BCUT2D eigenvalue weighted by Gasteiger charge is -2.31. The largest absolute Gasteiger partial charge is 0.354 e. The molecule has 1 aromatic rings. The Morgan fingerprint density at radius 2 is 2.07 bits per heavy atom. The van der Waals surface area contributed by atoms with Crippen LogP contribution in [0.3, 0.4) is 0 Å². The summed E-state index contributed by atoms with van der Waals surface area (Å²) in [6.07, 6.45) is 6.11. The number of benzene rings is 1. The molecule has 27 heavy (non-hydrogen) atoms. The minimum absolute atomic E-state index is 0.0901. The lowest BCUT2D eigenvalue weighted by atomic mass is 9.76. The maximum Gasteiger partial charge on any atom is 0.232 e. The SMILES string of the molecule is Cc1cccc([C@@]2(C(=O)NCCN3CCCCC3)C[C@@H]3CCC(=O)N3C2)c1. The van der Waals surface area contributed by atoms with E-state index in [4.69, 9.17) is 0 Å². The van der Waals surface area contributed by atoms with Crippen molar-refractivity contribution >= 4 is 11.8 Å². The first-order valence-corrected chi connectivity index (χ1v) is 10.5. The highest BCUT2D eigenvalue weighted by atomic mass is 16.2. The fourth-order valence-corrected chi connectivity index (χ4v) is 5.11. The van der Waals surface area contributed by atoms with Crippen LogP contribution in [0.4, 0.5) is 0 Å². The van der Waals surface area contributed by atoms with E-state index in [2.05, 4.69) is 35.3 Å². The highest BCUT2D eigenvalue weighted by Crippen LogP contribution is 2.43. The molecule has 2 atom stereocenters. The molecule has 0 aliphatic carbocycles. The number of nitrogens with zero attached hydrogens (tertiary/aromatic N) is 2. The first-order valence-electron chi connectivity index (χ1n) is 10.5. The normalized spacial score (nSPS) is 28.4. The van der Waals surface area contributed by atoms with Gasteiger partial charge in [-0.1, -0.05) is 36.2 Å². The fourth-order valence-electron chi connectivity index (χ4n) is 5.11. The van der Waals surface area contributed by atoms with Gasteiger partial charge in [0.1, 0.15) is 0 Å². The Bertz CT molecular complexity index is 713. The van der Waals surface area contributed by atoms with Crippen molar-refractivity contribution < 1.29 is 9.59 Å². The predicted molar refractivity (Wildman–Crippen MR) is 106 cm³/mol. The van der Waals surface area contributed by atoms with Crippen molar-refractivity contribution in [3.05, 3.63) is 35.4 Å². The number of rotatable bonds is 5. The molecule has 0 radical (unpaired) electrons. The van der Waals surface area contributed by atoms with E-state index in [9.17, 15) is 9.59 Å². The molecule has 3 aliphatic rings. The standard InChI is InChI=1S/C22H31N3O2/c1-17-6-5-7-18(14-17)22(15-19-8-9-20(26)25(19)16-22)21(27)23-10-13-24-11-3-2-4-12-24/h5-7,14,19H,2-4,8-13,15-16H2,1H3,(H,23,27)/t19-,22+/m0/s1. The number of nitrogens with one attached hydrogen (secondary N) is 1. The van der Waals surface area contributed by atoms with Crippen LogP contribution in [0, 0.1) is 6.92 Å². The molecule has 5 heteroatoms. The van der Waals surface area contributed by atoms with E-state index in [1.54, 1.807) is 0 Å². The molecular formula is C22H31N3O2. The van der Waals surface area contributed by atoms with Crippen molar-refractivity contribution in [1.82, 2.24) is 15.1 Å². The zero-order valence-electron chi connectivity index (χ0n) is 16.4. The van der Waals surface area contributed by atoms with Gasteiger partial charge in [-0.2, -0.15) is 0 Å². The van der Waals surface area contributed by atoms with Gasteiger partial charge in [-0.3, -0.25) is 9.59 Å². The van der Waals surface area contributed by atoms with E-state index in [1.807, 2.05) is 11.0 Å². The van der Waals surface area contributed by atoms with Gasteiger partial charge in [0.25, 0.3) is 0 Å². The molecular weight excluding hydrogens is 338 g/mol. The van der Waals surface area contributed by atoms with E-state index in [0.717, 1.165) is 43.6 Å². The zero-order valence-corrected chi connectivity index (χ0v) is 16.4. The number of carbonyl (C=O) groups excluding carboxylic acids is 2. The Morgan fingerprint density at radius 1 is 1.26 bits per heavy atom. The van der Waals surface area contributed by atoms with Gasteiger partial charge in [0.05, 0.1) is 5.41 Å². The van der Waals surface area contributed by atoms with Gasteiger partial charge in [0.15, 0.2) is 0 Å². The summed E-state index contributed by atoms with van der Waals surface area (Å²) >= 11 is 0. The number of hydrogen-bond acceptors (Lipinski definition) is 3. The van der Waals surface area contributed by atoms with Crippen LogP contribution in [0.5, 0.6) is 0 Å². The predicted octanol–water partition coefficient (Wildman–Crippen LogP) is 2.23. The number of fused-ring (bicyclic) bond motifs is 1. The monoisotopic (exact) mass is 369 g/mol. The zero-order chi connectivity index (χ0) is 18.9. The average Bonchev–Trinajstić information content (AvgIpc) is 3.22. The van der Waals surface area contributed by atoms with Gasteiger partial charge >= 0.3 is 0 Å². The van der Waals surface area contributed by atoms with Crippen LogP contribution in [0.25, 0.3) is 0 Å². The van der Waals surface area contributed by atoms with Crippen LogP contribution in [-0.2, 0) is 15.0 Å². The van der Waals surface area contributed by atoms with Gasteiger partial charge in [-0.25, -0.2) is 0 Å². The third-order valence-corrected chi connectivity index (χ3v) is 6.64. The van der Waals surface area contributed by atoms with Crippen LogP contribution >= 0.6 is 0 Å². The lowest BCUT2D eigenvalue weighted by molar-refractivity contribution is -0.129. The van der Waals surface area contributed by atoms with Crippen LogP contribution in [0.2, 0.25) is 0 Å². The number of carbonyl (C=O) groups is 2. The van der Waals surface area contributed by atoms with Crippen molar-refractivity contribution in [1.29, 1.82) is 0 Å². The lowest BCUT2D eigenvalue weighted by Crippen LogP contribution is -2.49. The summed E-state index contributed by atoms with van der Waals surface area (Å²) in [6.45, 7) is 6.47. The van der Waals surface area contributed by atoms with Crippen LogP contribution in [-0.4, -0.2) is 60.4 Å². The van der Waals surface area contributed by atoms with Crippen LogP contribution in [0.1, 0.15) is 49.7 Å². The molecule has 146 valence electrons. The molecule has 0 saturated carbocycles. The molecule has 0 spiro atoms. The Morgan fingerprint density at radius 3 is 2.81 bits per heavy atom. The molecule has 4 rings (SSSR count). The third kappa shape index (κ3) is 3.62. The fraction of sp³-hybridized carbons (Fsp3) is 0.636. The van der Waals surface area contributed by atoms with Gasteiger partial charge in [-0.05, 0) is 51.3 Å². The van der Waals surface area contributed by atoms with Gasteiger partial charge in [0.2, 0.25) is 11.8 Å². The van der Waals surface area contributed by atoms with E-state index >= 15 is 0 Å². The van der Waals surface area contributed by atoms with Gasteiger partial charge in [0, 0.05) is 32.1 Å². The molecule has 0 bridgehead atoms. The Kier molecular flexibility index (Phi) is 5.22. The summed E-state index contributed by atoms with van der Waals surface area (Å²) < 4.78 is 0. The average molecular weight is 370 g/mol. The quantitative estimate of drug-likeness (QED) is 0.866. The highest BCUT2D eigenvalue weighted by molar-refractivity contribution is 5.91. The second-order valence-electron chi connectivity index (χ2n) is 8.53. The molecule has 0 aromatic heterocycles. The molecule has 3 saturated heterocycles. The van der Waals surface area contributed by atoms with Crippen molar-refractivity contribution in [2.75, 3.05) is 32.7 Å². The van der Waals surface area contributed by atoms with Gasteiger partial charge < -0.3 is 15.1 Å². The van der Waals surface area contributed by atoms with E-state index in [0.29, 0.717) is 19.5 Å². The molecule has 2 amide bonds. The summed E-state index contributed by atoms with van der Waals surface area (Å²) in [5.41, 5.74) is 1.61. The smallest absolute Gasteiger partial charge is 0.232 e. The molecule has 0 unspecified atom stereocenters. The first-order chi connectivity index (χ1) is 13.1. The maximum atomic E-state index is 13.4. The van der Waals surface area contributed by atoms with Crippen LogP contribution in [0.15, 0.2) is 24.3 Å². The third-order valence-electron chi connectivity index (χ3n) is 6.64. The number of likely N-dealkylation sites (tertiary alicyclic amines) is 1. The number of aryl methyl sites for hydroxylation is 1. The highest BCUT2D eigenvalue weighted by Gasteiger charge is 2.53. The molecule has 1 N–H and O–H groups in total. The topological polar surface area (TPSA) is 52.7 Å². The second kappa shape index (κ2) is 7.63. The molecule has 1 aromatic carbocycles. The Labute approximate surface area is 162 Å². The van der Waals surface area contributed by atoms with Crippen LogP contribution < -0.4 is 5.32 Å². The van der Waals surface area contributed by atoms with Crippen molar-refractivity contribution in [3.63, 3.8) is 0 Å². The van der Waals surface area contributed by atoms with Gasteiger partial charge in [-0.15, -0.1) is 0 Å². The molecule has 3 fully saturated rings.